The highest BCUT2D eigenvalue weighted by Crippen LogP contribution is 2.23. The lowest BCUT2D eigenvalue weighted by atomic mass is 10.1. The van der Waals surface area contributed by atoms with Crippen LogP contribution in [-0.2, 0) is 0 Å². The summed E-state index contributed by atoms with van der Waals surface area (Å²) in [5.41, 5.74) is 0.560. The number of hydrogen-bond acceptors (Lipinski definition) is 2. The van der Waals surface area contributed by atoms with Gasteiger partial charge in [-0.25, -0.2) is 4.39 Å². The summed E-state index contributed by atoms with van der Waals surface area (Å²) >= 11 is 3.14. The zero-order chi connectivity index (χ0) is 14.1. The zero-order valence-corrected chi connectivity index (χ0v) is 12.9. The monoisotopic (exact) mass is 340 g/mol. The molecule has 2 aliphatic rings. The van der Waals surface area contributed by atoms with Gasteiger partial charge in [-0.2, -0.15) is 0 Å². The Morgan fingerprint density at radius 1 is 1.25 bits per heavy atom. The topological polar surface area (TPSA) is 23.6 Å². The van der Waals surface area contributed by atoms with Gasteiger partial charge in [-0.15, -0.1) is 0 Å². The van der Waals surface area contributed by atoms with Gasteiger partial charge in [-0.1, -0.05) is 0 Å². The molecule has 2 aliphatic heterocycles. The Bertz CT molecular complexity index is 523. The van der Waals surface area contributed by atoms with E-state index in [2.05, 4.69) is 20.8 Å². The largest absolute Gasteiger partial charge is 0.337 e. The Labute approximate surface area is 126 Å². The fraction of sp³-hybridized carbons (Fsp3) is 0.533. The normalized spacial score (nSPS) is 23.5. The lowest BCUT2D eigenvalue weighted by Gasteiger charge is -2.25. The number of amides is 1. The van der Waals surface area contributed by atoms with E-state index in [-0.39, 0.29) is 11.7 Å². The molecule has 1 aromatic carbocycles. The summed E-state index contributed by atoms with van der Waals surface area (Å²) in [6, 6.07) is 5.00. The number of nitrogens with zero attached hydrogens (tertiary/aromatic N) is 2. The van der Waals surface area contributed by atoms with Crippen LogP contribution in [-0.4, -0.2) is 47.9 Å². The van der Waals surface area contributed by atoms with E-state index in [0.29, 0.717) is 16.1 Å². The van der Waals surface area contributed by atoms with Crippen LogP contribution in [0, 0.1) is 5.82 Å². The third kappa shape index (κ3) is 2.74. The molecule has 1 aromatic rings. The quantitative estimate of drug-likeness (QED) is 0.784. The molecular weight excluding hydrogens is 323 g/mol. The number of halogens is 2. The summed E-state index contributed by atoms with van der Waals surface area (Å²) in [5, 5.41) is 0. The third-order valence-corrected chi connectivity index (χ3v) is 4.87. The smallest absolute Gasteiger partial charge is 0.253 e. The highest BCUT2D eigenvalue weighted by molar-refractivity contribution is 9.10. The van der Waals surface area contributed by atoms with Crippen LogP contribution in [0.25, 0.3) is 0 Å². The summed E-state index contributed by atoms with van der Waals surface area (Å²) in [5.74, 6) is -0.321. The van der Waals surface area contributed by atoms with Gasteiger partial charge in [0.1, 0.15) is 5.82 Å². The molecule has 3 rings (SSSR count). The first-order valence-electron chi connectivity index (χ1n) is 7.13. The molecule has 1 amide bonds. The summed E-state index contributed by atoms with van der Waals surface area (Å²) < 4.78 is 13.6. The van der Waals surface area contributed by atoms with Gasteiger partial charge in [-0.3, -0.25) is 9.69 Å². The predicted octanol–water partition coefficient (Wildman–Crippen LogP) is 2.90. The Morgan fingerprint density at radius 2 is 2.05 bits per heavy atom. The number of benzene rings is 1. The highest BCUT2D eigenvalue weighted by atomic mass is 79.9. The van der Waals surface area contributed by atoms with Crippen LogP contribution < -0.4 is 0 Å². The van der Waals surface area contributed by atoms with Crippen LogP contribution in [0.15, 0.2) is 22.7 Å². The minimum Gasteiger partial charge on any atom is -0.337 e. The minimum absolute atomic E-state index is 0.0134. The van der Waals surface area contributed by atoms with Crippen LogP contribution in [0.3, 0.4) is 0 Å². The van der Waals surface area contributed by atoms with E-state index in [0.717, 1.165) is 32.6 Å². The maximum atomic E-state index is 13.3. The van der Waals surface area contributed by atoms with E-state index in [1.54, 1.807) is 12.1 Å². The molecule has 108 valence electrons. The molecule has 0 bridgehead atoms. The molecule has 0 spiro atoms. The molecular formula is C15H18BrFN2O. The lowest BCUT2D eigenvalue weighted by Crippen LogP contribution is -2.39. The van der Waals surface area contributed by atoms with Gasteiger partial charge in [0.05, 0.1) is 4.47 Å². The second-order valence-corrected chi connectivity index (χ2v) is 6.42. The van der Waals surface area contributed by atoms with Crippen molar-refractivity contribution in [2.45, 2.75) is 25.3 Å². The van der Waals surface area contributed by atoms with Crippen molar-refractivity contribution in [1.82, 2.24) is 9.80 Å². The average molecular weight is 341 g/mol. The summed E-state index contributed by atoms with van der Waals surface area (Å²) in [4.78, 5) is 17.0. The van der Waals surface area contributed by atoms with Crippen molar-refractivity contribution in [3.8, 4) is 0 Å². The van der Waals surface area contributed by atoms with Gasteiger partial charge in [-0.05, 0) is 59.9 Å². The molecule has 0 saturated carbocycles. The van der Waals surface area contributed by atoms with Crippen LogP contribution in [0.1, 0.15) is 29.6 Å². The van der Waals surface area contributed by atoms with Gasteiger partial charge in [0.15, 0.2) is 0 Å². The number of fused-ring (bicyclic) bond motifs is 1. The molecule has 0 radical (unpaired) electrons. The third-order valence-electron chi connectivity index (χ3n) is 4.26. The van der Waals surface area contributed by atoms with Gasteiger partial charge in [0.2, 0.25) is 0 Å². The summed E-state index contributed by atoms with van der Waals surface area (Å²) in [6.07, 6.45) is 3.43. The van der Waals surface area contributed by atoms with E-state index in [4.69, 9.17) is 0 Å². The standard InChI is InChI=1S/C15H18BrFN2O/c16-13-9-11(4-5-14(13)17)15(20)19-8-2-7-18-6-1-3-12(18)10-19/h4-5,9,12H,1-3,6-8,10H2/t12-/m1/s1. The number of rotatable bonds is 1. The number of carbonyl (C=O) groups is 1. The van der Waals surface area contributed by atoms with Crippen molar-refractivity contribution in [3.63, 3.8) is 0 Å². The van der Waals surface area contributed by atoms with Crippen molar-refractivity contribution in [1.29, 1.82) is 0 Å². The zero-order valence-electron chi connectivity index (χ0n) is 11.3. The van der Waals surface area contributed by atoms with E-state index >= 15 is 0 Å². The Hall–Kier alpha value is -0.940. The fourth-order valence-electron chi connectivity index (χ4n) is 3.20. The molecule has 20 heavy (non-hydrogen) atoms. The summed E-state index contributed by atoms with van der Waals surface area (Å²) in [7, 11) is 0. The molecule has 2 heterocycles. The minimum atomic E-state index is -0.334. The molecule has 0 aromatic heterocycles. The van der Waals surface area contributed by atoms with Crippen molar-refractivity contribution in [3.05, 3.63) is 34.1 Å². The van der Waals surface area contributed by atoms with E-state index in [1.165, 1.54) is 18.9 Å². The van der Waals surface area contributed by atoms with E-state index in [1.807, 2.05) is 4.90 Å². The second kappa shape index (κ2) is 5.82. The molecule has 5 heteroatoms. The molecule has 0 N–H and O–H groups in total. The maximum Gasteiger partial charge on any atom is 0.253 e. The fourth-order valence-corrected chi connectivity index (χ4v) is 3.58. The van der Waals surface area contributed by atoms with Gasteiger partial charge in [0.25, 0.3) is 5.91 Å². The van der Waals surface area contributed by atoms with Crippen LogP contribution in [0.5, 0.6) is 0 Å². The van der Waals surface area contributed by atoms with Crippen molar-refractivity contribution < 1.29 is 9.18 Å². The lowest BCUT2D eigenvalue weighted by molar-refractivity contribution is 0.0743. The first kappa shape index (κ1) is 14.0. The van der Waals surface area contributed by atoms with Gasteiger partial charge < -0.3 is 4.90 Å². The molecule has 2 saturated heterocycles. The Balaban J connectivity index is 1.77. The maximum absolute atomic E-state index is 13.3. The van der Waals surface area contributed by atoms with Crippen LogP contribution in [0.2, 0.25) is 0 Å². The van der Waals surface area contributed by atoms with E-state index < -0.39 is 0 Å². The molecule has 0 aliphatic carbocycles. The Kier molecular flexibility index (Phi) is 4.08. The first-order valence-corrected chi connectivity index (χ1v) is 7.93. The Morgan fingerprint density at radius 3 is 2.85 bits per heavy atom. The van der Waals surface area contributed by atoms with Crippen molar-refractivity contribution in [2.75, 3.05) is 26.2 Å². The van der Waals surface area contributed by atoms with Crippen LogP contribution in [0.4, 0.5) is 4.39 Å². The summed E-state index contributed by atoms with van der Waals surface area (Å²) in [6.45, 7) is 3.84. The average Bonchev–Trinajstić information content (AvgIpc) is 2.78. The number of hydrogen-bond donors (Lipinski definition) is 0. The van der Waals surface area contributed by atoms with Gasteiger partial charge >= 0.3 is 0 Å². The predicted molar refractivity (Wildman–Crippen MR) is 79.2 cm³/mol. The highest BCUT2D eigenvalue weighted by Gasteiger charge is 2.30. The van der Waals surface area contributed by atoms with Gasteiger partial charge in [0, 0.05) is 31.2 Å². The first-order chi connectivity index (χ1) is 9.65. The molecule has 2 fully saturated rings. The molecule has 0 unspecified atom stereocenters. The van der Waals surface area contributed by atoms with Crippen molar-refractivity contribution in [2.24, 2.45) is 0 Å². The SMILES string of the molecule is O=C(c1ccc(F)c(Br)c1)N1CCCN2CCC[C@@H]2C1. The number of carbonyl (C=O) groups excluding carboxylic acids is 1. The van der Waals surface area contributed by atoms with Crippen LogP contribution >= 0.6 is 15.9 Å². The van der Waals surface area contributed by atoms with E-state index in [9.17, 15) is 9.18 Å². The molecule has 3 nitrogen and oxygen atoms in total. The second-order valence-electron chi connectivity index (χ2n) is 5.57. The molecule has 1 atom stereocenters. The van der Waals surface area contributed by atoms with Crippen molar-refractivity contribution >= 4 is 21.8 Å².